The molecule has 0 saturated carbocycles. The van der Waals surface area contributed by atoms with Crippen LogP contribution in [0.5, 0.6) is 0 Å². The van der Waals surface area contributed by atoms with E-state index in [0.717, 1.165) is 8.13 Å². The van der Waals surface area contributed by atoms with E-state index in [1.54, 1.807) is 0 Å². The zero-order valence-corrected chi connectivity index (χ0v) is 7.78. The molecule has 10 heavy (non-hydrogen) atoms. The number of alkyl halides is 1. The molecule has 0 amide bonds. The molecule has 0 radical (unpaired) electrons. The van der Waals surface area contributed by atoms with Crippen LogP contribution in [0.4, 0.5) is 0 Å². The first-order valence-corrected chi connectivity index (χ1v) is 5.29. The zero-order chi connectivity index (χ0) is 7.82. The van der Waals surface area contributed by atoms with Gasteiger partial charge in [-0.3, -0.25) is 0 Å². The van der Waals surface area contributed by atoms with E-state index in [1.165, 1.54) is 6.34 Å². The SMILES string of the molecule is C=N/C=N\C(=C)[I-]CCO. The normalized spacial score (nSPS) is 10.5. The maximum atomic E-state index is 8.44. The number of aliphatic hydroxyl groups excluding tert-OH is 1. The van der Waals surface area contributed by atoms with E-state index in [4.69, 9.17) is 5.11 Å². The molecule has 58 valence electrons. The van der Waals surface area contributed by atoms with Gasteiger partial charge in [-0.25, -0.2) is 0 Å². The third kappa shape index (κ3) is 5.90. The molecule has 0 aliphatic rings. The van der Waals surface area contributed by atoms with Gasteiger partial charge in [-0.05, 0) is 0 Å². The fourth-order valence-corrected chi connectivity index (χ4v) is 1.47. The van der Waals surface area contributed by atoms with Crippen LogP contribution in [0.15, 0.2) is 20.3 Å². The molecule has 0 bridgehead atoms. The van der Waals surface area contributed by atoms with Crippen molar-refractivity contribution in [2.45, 2.75) is 0 Å². The van der Waals surface area contributed by atoms with Crippen molar-refractivity contribution in [2.24, 2.45) is 9.98 Å². The number of aliphatic hydroxyl groups is 1. The second kappa shape index (κ2) is 6.88. The quantitative estimate of drug-likeness (QED) is 0.187. The molecule has 0 aromatic carbocycles. The first kappa shape index (κ1) is 9.77. The maximum absolute atomic E-state index is 8.44. The van der Waals surface area contributed by atoms with E-state index in [9.17, 15) is 0 Å². The van der Waals surface area contributed by atoms with Crippen molar-refractivity contribution in [3.63, 3.8) is 0 Å². The molecular formula is C6H10IN2O-. The summed E-state index contributed by atoms with van der Waals surface area (Å²) < 4.78 is 1.65. The Morgan fingerprint density at radius 2 is 2.40 bits per heavy atom. The van der Waals surface area contributed by atoms with Gasteiger partial charge >= 0.3 is 70.7 Å². The van der Waals surface area contributed by atoms with Crippen LogP contribution in [0.25, 0.3) is 0 Å². The third-order valence-corrected chi connectivity index (χ3v) is 2.79. The second-order valence-corrected chi connectivity index (χ2v) is 4.44. The summed E-state index contributed by atoms with van der Waals surface area (Å²) >= 11 is -0.181. The first-order valence-electron chi connectivity index (χ1n) is 2.68. The van der Waals surface area contributed by atoms with Crippen LogP contribution in [-0.4, -0.2) is 29.2 Å². The number of halogens is 1. The van der Waals surface area contributed by atoms with Crippen molar-refractivity contribution in [2.75, 3.05) is 11.0 Å². The van der Waals surface area contributed by atoms with Gasteiger partial charge in [0.25, 0.3) is 0 Å². The zero-order valence-electron chi connectivity index (χ0n) is 5.63. The Morgan fingerprint density at radius 3 is 2.90 bits per heavy atom. The summed E-state index contributed by atoms with van der Waals surface area (Å²) in [5.74, 6) is 0. The summed E-state index contributed by atoms with van der Waals surface area (Å²) in [4.78, 5) is 7.31. The van der Waals surface area contributed by atoms with Gasteiger partial charge in [0.1, 0.15) is 0 Å². The van der Waals surface area contributed by atoms with Gasteiger partial charge in [0, 0.05) is 0 Å². The van der Waals surface area contributed by atoms with Crippen LogP contribution in [0.2, 0.25) is 0 Å². The van der Waals surface area contributed by atoms with Crippen LogP contribution >= 0.6 is 0 Å². The van der Waals surface area contributed by atoms with Crippen LogP contribution in [-0.2, 0) is 0 Å². The van der Waals surface area contributed by atoms with Gasteiger partial charge < -0.3 is 0 Å². The van der Waals surface area contributed by atoms with E-state index in [2.05, 4.69) is 23.3 Å². The van der Waals surface area contributed by atoms with E-state index in [-0.39, 0.29) is 27.8 Å². The molecule has 0 heterocycles. The number of hydrogen-bond acceptors (Lipinski definition) is 2. The van der Waals surface area contributed by atoms with Crippen molar-refractivity contribution in [3.8, 4) is 0 Å². The van der Waals surface area contributed by atoms with Gasteiger partial charge in [-0.15, -0.1) is 0 Å². The van der Waals surface area contributed by atoms with Crippen molar-refractivity contribution in [1.29, 1.82) is 0 Å². The minimum absolute atomic E-state index is 0.181. The van der Waals surface area contributed by atoms with Gasteiger partial charge in [0.05, 0.1) is 0 Å². The van der Waals surface area contributed by atoms with Gasteiger partial charge in [-0.1, -0.05) is 0 Å². The predicted molar refractivity (Wildman–Crippen MR) is 39.1 cm³/mol. The monoisotopic (exact) mass is 253 g/mol. The standard InChI is InChI=1S/C6H10IN2O/c1-6(7-3-4-10)9-5-8-2/h5,10H,1-4H2/q-1/b9-5-. The second-order valence-electron chi connectivity index (χ2n) is 1.35. The summed E-state index contributed by atoms with van der Waals surface area (Å²) in [5.41, 5.74) is 0. The average Bonchev–Trinajstić information content (AvgIpc) is 1.97. The molecule has 1 N–H and O–H groups in total. The summed E-state index contributed by atoms with van der Waals surface area (Å²) in [6, 6.07) is 0. The Hall–Kier alpha value is -0.230. The molecule has 0 aromatic heterocycles. The Kier molecular flexibility index (Phi) is 6.73. The molecule has 0 aliphatic carbocycles. The minimum atomic E-state index is -0.181. The molecule has 0 rings (SSSR count). The Bertz CT molecular complexity index is 145. The first-order chi connectivity index (χ1) is 4.81. The van der Waals surface area contributed by atoms with Crippen LogP contribution in [0.3, 0.4) is 0 Å². The fourth-order valence-electron chi connectivity index (χ4n) is 0.289. The van der Waals surface area contributed by atoms with Crippen molar-refractivity contribution >= 4 is 13.1 Å². The molecule has 4 heteroatoms. The number of aliphatic imine (C=N–C) groups is 2. The van der Waals surface area contributed by atoms with Gasteiger partial charge in [0.2, 0.25) is 0 Å². The van der Waals surface area contributed by atoms with Crippen molar-refractivity contribution in [3.05, 3.63) is 10.3 Å². The molecule has 0 spiro atoms. The summed E-state index contributed by atoms with van der Waals surface area (Å²) in [7, 11) is 0. The molecule has 0 aromatic rings. The number of hydrogen-bond donors (Lipinski definition) is 1. The van der Waals surface area contributed by atoms with Gasteiger partial charge in [-0.2, -0.15) is 0 Å². The molecule has 3 nitrogen and oxygen atoms in total. The van der Waals surface area contributed by atoms with E-state index in [1.807, 2.05) is 0 Å². The Morgan fingerprint density at radius 1 is 1.70 bits per heavy atom. The predicted octanol–water partition coefficient (Wildman–Crippen LogP) is -2.73. The van der Waals surface area contributed by atoms with Crippen LogP contribution in [0, 0.1) is 0 Å². The van der Waals surface area contributed by atoms with Crippen LogP contribution in [0.1, 0.15) is 0 Å². The molecule has 0 saturated heterocycles. The fraction of sp³-hybridized carbons (Fsp3) is 0.333. The van der Waals surface area contributed by atoms with Crippen molar-refractivity contribution < 1.29 is 26.3 Å². The van der Waals surface area contributed by atoms with Crippen molar-refractivity contribution in [1.82, 2.24) is 0 Å². The number of rotatable bonds is 5. The molecule has 0 fully saturated rings. The van der Waals surface area contributed by atoms with Gasteiger partial charge in [0.15, 0.2) is 0 Å². The summed E-state index contributed by atoms with van der Waals surface area (Å²) in [6.07, 6.45) is 1.37. The molecule has 0 aliphatic heterocycles. The van der Waals surface area contributed by atoms with E-state index in [0.29, 0.717) is 0 Å². The topological polar surface area (TPSA) is 45.0 Å². The van der Waals surface area contributed by atoms with E-state index < -0.39 is 0 Å². The Labute approximate surface area is 70.8 Å². The summed E-state index contributed by atoms with van der Waals surface area (Å²) in [6.45, 7) is 7.14. The average molecular weight is 253 g/mol. The Balaban J connectivity index is 3.43. The molecular weight excluding hydrogens is 243 g/mol. The third-order valence-electron chi connectivity index (χ3n) is 0.613. The summed E-state index contributed by atoms with van der Waals surface area (Å²) in [5, 5.41) is 8.44. The van der Waals surface area contributed by atoms with E-state index >= 15 is 0 Å². The van der Waals surface area contributed by atoms with Crippen LogP contribution < -0.4 is 21.2 Å². The number of nitrogens with zero attached hydrogens (tertiary/aromatic N) is 2. The molecule has 0 unspecified atom stereocenters. The molecule has 0 atom stereocenters.